The fraction of sp³-hybridized carbons (Fsp3) is 0.333. The van der Waals surface area contributed by atoms with Gasteiger partial charge in [-0.1, -0.05) is 19.1 Å². The molecule has 1 aliphatic heterocycles. The number of hydrogen-bond acceptors (Lipinski definition) is 4. The number of piperidine rings is 1. The van der Waals surface area contributed by atoms with Crippen LogP contribution in [-0.2, 0) is 0 Å². The van der Waals surface area contributed by atoms with Gasteiger partial charge in [-0.05, 0) is 42.5 Å². The molecule has 118 valence electrons. The second-order valence-electron chi connectivity index (χ2n) is 5.87. The summed E-state index contributed by atoms with van der Waals surface area (Å²) in [5, 5.41) is 9.27. The zero-order valence-electron chi connectivity index (χ0n) is 13.0. The number of oxazole rings is 1. The van der Waals surface area contributed by atoms with E-state index >= 15 is 0 Å². The first-order valence-corrected chi connectivity index (χ1v) is 7.75. The lowest BCUT2D eigenvalue weighted by molar-refractivity contribution is 0.415. The van der Waals surface area contributed by atoms with Crippen molar-refractivity contribution in [3.05, 3.63) is 47.2 Å². The monoisotopic (exact) mass is 311 g/mol. The molecule has 0 atom stereocenters. The second kappa shape index (κ2) is 6.66. The lowest BCUT2D eigenvalue weighted by Gasteiger charge is -2.29. The molecule has 1 fully saturated rings. The molecule has 0 spiro atoms. The van der Waals surface area contributed by atoms with E-state index in [1.807, 2.05) is 0 Å². The standard InChI is InChI=1S/C18H18FN3O/c1-13-8-10-22(11-9-13)18-16(12-20)21-17(23-18)7-4-14-2-5-15(19)6-3-14/h2-7,13H,8-11H2,1H3/b7-4+. The van der Waals surface area contributed by atoms with Crippen LogP contribution in [0.25, 0.3) is 12.2 Å². The highest BCUT2D eigenvalue weighted by atomic mass is 19.1. The molecule has 0 bridgehead atoms. The maximum Gasteiger partial charge on any atom is 0.235 e. The fourth-order valence-corrected chi connectivity index (χ4v) is 2.64. The molecule has 0 unspecified atom stereocenters. The molecule has 0 N–H and O–H groups in total. The normalized spacial score (nSPS) is 16.0. The van der Waals surface area contributed by atoms with Crippen molar-refractivity contribution in [3.8, 4) is 6.07 Å². The Morgan fingerprint density at radius 2 is 1.96 bits per heavy atom. The van der Waals surface area contributed by atoms with Crippen molar-refractivity contribution in [3.63, 3.8) is 0 Å². The highest BCUT2D eigenvalue weighted by Gasteiger charge is 2.23. The molecule has 0 saturated carbocycles. The summed E-state index contributed by atoms with van der Waals surface area (Å²) in [5.41, 5.74) is 1.16. The maximum absolute atomic E-state index is 12.9. The van der Waals surface area contributed by atoms with E-state index in [0.717, 1.165) is 31.5 Å². The Hall–Kier alpha value is -2.61. The Morgan fingerprint density at radius 3 is 2.61 bits per heavy atom. The summed E-state index contributed by atoms with van der Waals surface area (Å²) in [4.78, 5) is 6.31. The lowest BCUT2D eigenvalue weighted by atomic mass is 9.99. The van der Waals surface area contributed by atoms with E-state index in [9.17, 15) is 9.65 Å². The van der Waals surface area contributed by atoms with Gasteiger partial charge in [0.15, 0.2) is 0 Å². The van der Waals surface area contributed by atoms with Crippen LogP contribution in [-0.4, -0.2) is 18.1 Å². The first kappa shape index (κ1) is 15.3. The summed E-state index contributed by atoms with van der Waals surface area (Å²) < 4.78 is 18.6. The van der Waals surface area contributed by atoms with Crippen LogP contribution >= 0.6 is 0 Å². The van der Waals surface area contributed by atoms with E-state index in [1.54, 1.807) is 24.3 Å². The molecule has 1 aromatic heterocycles. The smallest absolute Gasteiger partial charge is 0.235 e. The van der Waals surface area contributed by atoms with Crippen LogP contribution in [0.1, 0.15) is 36.9 Å². The van der Waals surface area contributed by atoms with E-state index in [0.29, 0.717) is 23.4 Å². The zero-order chi connectivity index (χ0) is 16.2. The van der Waals surface area contributed by atoms with E-state index < -0.39 is 0 Å². The Bertz CT molecular complexity index is 735. The fourth-order valence-electron chi connectivity index (χ4n) is 2.64. The predicted molar refractivity (Wildman–Crippen MR) is 87.2 cm³/mol. The average Bonchev–Trinajstić information content (AvgIpc) is 2.98. The van der Waals surface area contributed by atoms with Crippen molar-refractivity contribution in [2.24, 2.45) is 5.92 Å². The molecule has 0 aliphatic carbocycles. The number of nitriles is 1. The summed E-state index contributed by atoms with van der Waals surface area (Å²) >= 11 is 0. The number of nitrogens with zero attached hydrogens (tertiary/aromatic N) is 3. The number of aromatic nitrogens is 1. The molecule has 2 aromatic rings. The van der Waals surface area contributed by atoms with Crippen LogP contribution in [0.2, 0.25) is 0 Å². The highest BCUT2D eigenvalue weighted by Crippen LogP contribution is 2.27. The molecule has 0 radical (unpaired) electrons. The van der Waals surface area contributed by atoms with Crippen LogP contribution in [0.5, 0.6) is 0 Å². The first-order chi connectivity index (χ1) is 11.2. The number of hydrogen-bond donors (Lipinski definition) is 0. The molecular formula is C18H18FN3O. The minimum Gasteiger partial charge on any atom is -0.420 e. The molecular weight excluding hydrogens is 293 g/mol. The van der Waals surface area contributed by atoms with Crippen molar-refractivity contribution in [1.29, 1.82) is 5.26 Å². The molecule has 23 heavy (non-hydrogen) atoms. The molecule has 3 rings (SSSR count). The Morgan fingerprint density at radius 1 is 1.26 bits per heavy atom. The number of benzene rings is 1. The van der Waals surface area contributed by atoms with Crippen LogP contribution < -0.4 is 4.90 Å². The third-order valence-corrected chi connectivity index (χ3v) is 4.09. The Labute approximate surface area is 134 Å². The van der Waals surface area contributed by atoms with E-state index in [-0.39, 0.29) is 5.82 Å². The van der Waals surface area contributed by atoms with Crippen molar-refractivity contribution >= 4 is 18.0 Å². The molecule has 1 aliphatic rings. The quantitative estimate of drug-likeness (QED) is 0.856. The van der Waals surface area contributed by atoms with Crippen LogP contribution in [0.4, 0.5) is 10.3 Å². The van der Waals surface area contributed by atoms with E-state index in [2.05, 4.69) is 22.9 Å². The lowest BCUT2D eigenvalue weighted by Crippen LogP contribution is -2.32. The van der Waals surface area contributed by atoms with E-state index in [1.165, 1.54) is 12.1 Å². The van der Waals surface area contributed by atoms with Crippen molar-refractivity contribution in [2.45, 2.75) is 19.8 Å². The third-order valence-electron chi connectivity index (χ3n) is 4.09. The molecule has 1 saturated heterocycles. The Balaban J connectivity index is 1.79. The van der Waals surface area contributed by atoms with Crippen LogP contribution in [0.15, 0.2) is 28.7 Å². The Kier molecular flexibility index (Phi) is 4.42. The molecule has 5 heteroatoms. The number of halogens is 1. The van der Waals surface area contributed by atoms with Gasteiger partial charge in [-0.15, -0.1) is 0 Å². The molecule has 0 amide bonds. The summed E-state index contributed by atoms with van der Waals surface area (Å²) in [6.45, 7) is 4.00. The zero-order valence-corrected chi connectivity index (χ0v) is 13.0. The van der Waals surface area contributed by atoms with Gasteiger partial charge in [-0.25, -0.2) is 4.39 Å². The number of rotatable bonds is 3. The van der Waals surface area contributed by atoms with E-state index in [4.69, 9.17) is 4.42 Å². The molecule has 1 aromatic carbocycles. The maximum atomic E-state index is 12.9. The van der Waals surface area contributed by atoms with Gasteiger partial charge in [0.2, 0.25) is 17.5 Å². The van der Waals surface area contributed by atoms with Crippen molar-refractivity contribution in [2.75, 3.05) is 18.0 Å². The van der Waals surface area contributed by atoms with Gasteiger partial charge < -0.3 is 9.32 Å². The predicted octanol–water partition coefficient (Wildman–Crippen LogP) is 4.09. The third kappa shape index (κ3) is 3.59. The minimum absolute atomic E-state index is 0.272. The first-order valence-electron chi connectivity index (χ1n) is 7.75. The summed E-state index contributed by atoms with van der Waals surface area (Å²) in [6.07, 6.45) is 5.66. The van der Waals surface area contributed by atoms with Gasteiger partial charge >= 0.3 is 0 Å². The van der Waals surface area contributed by atoms with Gasteiger partial charge in [0.1, 0.15) is 11.9 Å². The van der Waals surface area contributed by atoms with Crippen LogP contribution in [0, 0.1) is 23.1 Å². The number of anilines is 1. The summed E-state index contributed by atoms with van der Waals surface area (Å²) in [7, 11) is 0. The summed E-state index contributed by atoms with van der Waals surface area (Å²) in [5.74, 6) is 1.38. The second-order valence-corrected chi connectivity index (χ2v) is 5.87. The SMILES string of the molecule is CC1CCN(c2oc(/C=C/c3ccc(F)cc3)nc2C#N)CC1. The molecule has 2 heterocycles. The topological polar surface area (TPSA) is 53.1 Å². The average molecular weight is 311 g/mol. The van der Waals surface area contributed by atoms with Crippen molar-refractivity contribution in [1.82, 2.24) is 4.98 Å². The van der Waals surface area contributed by atoms with Gasteiger partial charge in [0, 0.05) is 19.2 Å². The van der Waals surface area contributed by atoms with Gasteiger partial charge in [-0.3, -0.25) is 0 Å². The van der Waals surface area contributed by atoms with Gasteiger partial charge in [0.05, 0.1) is 0 Å². The van der Waals surface area contributed by atoms with Gasteiger partial charge in [-0.2, -0.15) is 10.2 Å². The van der Waals surface area contributed by atoms with Crippen molar-refractivity contribution < 1.29 is 8.81 Å². The van der Waals surface area contributed by atoms with Crippen LogP contribution in [0.3, 0.4) is 0 Å². The highest BCUT2D eigenvalue weighted by molar-refractivity contribution is 5.67. The minimum atomic E-state index is -0.272. The largest absolute Gasteiger partial charge is 0.420 e. The molecule has 4 nitrogen and oxygen atoms in total. The van der Waals surface area contributed by atoms with Gasteiger partial charge in [0.25, 0.3) is 0 Å². The summed E-state index contributed by atoms with van der Waals surface area (Å²) in [6, 6.07) is 8.25.